The van der Waals surface area contributed by atoms with Crippen molar-refractivity contribution >= 4 is 25.5 Å². The van der Waals surface area contributed by atoms with E-state index in [4.69, 9.17) is 19.3 Å². The molecule has 308 valence electrons. The zero-order valence-corrected chi connectivity index (χ0v) is 33.8. The molecule has 1 fully saturated rings. The Morgan fingerprint density at radius 1 is 0.774 bits per heavy atom. The molecule has 0 spiro atoms. The van der Waals surface area contributed by atoms with Crippen LogP contribution in [-0.2, 0) is 32.9 Å². The molecule has 0 aromatic carbocycles. The van der Waals surface area contributed by atoms with Crippen molar-refractivity contribution < 1.29 is 52.9 Å². The molecule has 0 heterocycles. The molecule has 0 bridgehead atoms. The number of hydrogen-bond donors (Lipinski definition) is 4. The van der Waals surface area contributed by atoms with Gasteiger partial charge < -0.3 is 29.5 Å². The molecule has 1 aliphatic carbocycles. The van der Waals surface area contributed by atoms with Crippen molar-refractivity contribution in [3.05, 3.63) is 24.3 Å². The smallest absolute Gasteiger partial charge is 0.462 e. The van der Waals surface area contributed by atoms with E-state index in [9.17, 15) is 29.2 Å². The van der Waals surface area contributed by atoms with Crippen molar-refractivity contribution in [3.8, 4) is 0 Å². The minimum absolute atomic E-state index is 0.000733. The summed E-state index contributed by atoms with van der Waals surface area (Å²) in [5, 5.41) is 20.7. The van der Waals surface area contributed by atoms with E-state index in [1.165, 1.54) is 51.4 Å². The first-order valence-electron chi connectivity index (χ1n) is 20.7. The van der Waals surface area contributed by atoms with Gasteiger partial charge in [-0.15, -0.1) is 0 Å². The Labute approximate surface area is 320 Å². The molecule has 53 heavy (non-hydrogen) atoms. The summed E-state index contributed by atoms with van der Waals surface area (Å²) < 4.78 is 26.4. The number of phosphoric ester groups is 1. The maximum absolute atomic E-state index is 12.5. The van der Waals surface area contributed by atoms with Crippen LogP contribution in [0.1, 0.15) is 174 Å². The van der Waals surface area contributed by atoms with Gasteiger partial charge in [-0.3, -0.25) is 18.9 Å². The first-order valence-corrected chi connectivity index (χ1v) is 22.3. The molecule has 11 nitrogen and oxygen atoms in total. The van der Waals surface area contributed by atoms with Crippen LogP contribution in [0.3, 0.4) is 0 Å². The maximum atomic E-state index is 12.5. The fraction of sp³-hybridized carbons (Fsp3) is 0.829. The third-order valence-corrected chi connectivity index (χ3v) is 10.3. The number of rotatable bonds is 34. The summed E-state index contributed by atoms with van der Waals surface area (Å²) in [4.78, 5) is 55.5. The SMILES string of the molecule is CCCCCC/C=C\CCCCCCCCCC(=O)O[C@H](COC(=O)CCCCCC[C@H]1[C@@H](O)CC(=O)[C@@H]1/C=C/[C@@H](O)CCCCC)COP(=O)(O)O. The predicted octanol–water partition coefficient (Wildman–Crippen LogP) is 8.99. The Balaban J connectivity index is 2.27. The van der Waals surface area contributed by atoms with E-state index in [2.05, 4.69) is 30.5 Å². The van der Waals surface area contributed by atoms with Crippen molar-refractivity contribution in [1.29, 1.82) is 0 Å². The quantitative estimate of drug-likeness (QED) is 0.0212. The molecule has 12 heteroatoms. The van der Waals surface area contributed by atoms with Crippen molar-refractivity contribution in [1.82, 2.24) is 0 Å². The van der Waals surface area contributed by atoms with E-state index >= 15 is 0 Å². The van der Waals surface area contributed by atoms with Gasteiger partial charge in [-0.2, -0.15) is 0 Å². The molecular weight excluding hydrogens is 699 g/mol. The highest BCUT2D eigenvalue weighted by Crippen LogP contribution is 2.36. The third-order valence-electron chi connectivity index (χ3n) is 9.85. The molecule has 0 saturated heterocycles. The molecule has 4 N–H and O–H groups in total. The highest BCUT2D eigenvalue weighted by atomic mass is 31.2. The monoisotopic (exact) mass is 772 g/mol. The second-order valence-corrected chi connectivity index (χ2v) is 16.0. The van der Waals surface area contributed by atoms with Crippen LogP contribution in [0.4, 0.5) is 0 Å². The Morgan fingerprint density at radius 3 is 1.94 bits per heavy atom. The first kappa shape index (κ1) is 49.1. The summed E-state index contributed by atoms with van der Waals surface area (Å²) in [5.41, 5.74) is 0. The minimum Gasteiger partial charge on any atom is -0.462 e. The van der Waals surface area contributed by atoms with Crippen molar-refractivity contribution in [3.63, 3.8) is 0 Å². The van der Waals surface area contributed by atoms with Gasteiger partial charge in [0.1, 0.15) is 12.4 Å². The van der Waals surface area contributed by atoms with Gasteiger partial charge in [-0.1, -0.05) is 128 Å². The first-order chi connectivity index (χ1) is 25.5. The van der Waals surface area contributed by atoms with Gasteiger partial charge >= 0.3 is 19.8 Å². The van der Waals surface area contributed by atoms with E-state index in [1.54, 1.807) is 12.2 Å². The van der Waals surface area contributed by atoms with E-state index < -0.39 is 44.7 Å². The van der Waals surface area contributed by atoms with Crippen molar-refractivity contribution in [2.75, 3.05) is 13.2 Å². The second kappa shape index (κ2) is 31.3. The molecule has 0 radical (unpaired) electrons. The zero-order valence-electron chi connectivity index (χ0n) is 32.9. The average Bonchev–Trinajstić information content (AvgIpc) is 3.38. The van der Waals surface area contributed by atoms with Gasteiger partial charge in [0.25, 0.3) is 0 Å². The van der Waals surface area contributed by atoms with Gasteiger partial charge in [-0.05, 0) is 57.3 Å². The fourth-order valence-corrected chi connectivity index (χ4v) is 7.04. The number of phosphoric acid groups is 1. The van der Waals surface area contributed by atoms with Gasteiger partial charge in [0, 0.05) is 25.2 Å². The number of carbonyl (C=O) groups is 3. The van der Waals surface area contributed by atoms with Crippen LogP contribution in [-0.4, -0.2) is 69.2 Å². The number of ether oxygens (including phenoxy) is 2. The second-order valence-electron chi connectivity index (χ2n) is 14.7. The summed E-state index contributed by atoms with van der Waals surface area (Å²) in [7, 11) is -4.81. The molecule has 0 aromatic heterocycles. The van der Waals surface area contributed by atoms with E-state index in [1.807, 2.05) is 0 Å². The predicted molar refractivity (Wildman–Crippen MR) is 208 cm³/mol. The Bertz CT molecular complexity index is 1070. The summed E-state index contributed by atoms with van der Waals surface area (Å²) >= 11 is 0. The van der Waals surface area contributed by atoms with E-state index in [0.29, 0.717) is 25.7 Å². The molecular formula is C41H73O11P. The molecule has 0 unspecified atom stereocenters. The van der Waals surface area contributed by atoms with Crippen LogP contribution < -0.4 is 0 Å². The molecule has 1 saturated carbocycles. The van der Waals surface area contributed by atoms with Gasteiger partial charge in [0.15, 0.2) is 6.10 Å². The van der Waals surface area contributed by atoms with Crippen LogP contribution in [0.15, 0.2) is 24.3 Å². The summed E-state index contributed by atoms with van der Waals surface area (Å²) in [6, 6.07) is 0. The third kappa shape index (κ3) is 27.4. The fourth-order valence-electron chi connectivity index (χ4n) is 6.68. The number of ketones is 1. The average molecular weight is 773 g/mol. The highest BCUT2D eigenvalue weighted by Gasteiger charge is 2.39. The molecule has 0 aromatic rings. The lowest BCUT2D eigenvalue weighted by Crippen LogP contribution is -2.29. The number of esters is 2. The van der Waals surface area contributed by atoms with Crippen LogP contribution in [0.5, 0.6) is 0 Å². The van der Waals surface area contributed by atoms with Gasteiger partial charge in [0.2, 0.25) is 0 Å². The summed E-state index contributed by atoms with van der Waals surface area (Å²) in [6.07, 6.45) is 28.0. The van der Waals surface area contributed by atoms with Crippen molar-refractivity contribution in [2.24, 2.45) is 11.8 Å². The molecule has 0 amide bonds. The van der Waals surface area contributed by atoms with E-state index in [0.717, 1.165) is 64.2 Å². The number of aliphatic hydroxyl groups is 2. The number of hydrogen-bond acceptors (Lipinski definition) is 9. The molecule has 5 atom stereocenters. The lowest BCUT2D eigenvalue weighted by atomic mass is 9.88. The molecule has 1 aliphatic rings. The van der Waals surface area contributed by atoms with Gasteiger partial charge in [0.05, 0.1) is 18.8 Å². The number of Topliss-reactive ketones (excluding diaryl/α,β-unsaturated/α-hetero) is 1. The molecule has 0 aliphatic heterocycles. The van der Waals surface area contributed by atoms with Crippen LogP contribution in [0.25, 0.3) is 0 Å². The number of aliphatic hydroxyl groups excluding tert-OH is 2. The van der Waals surface area contributed by atoms with E-state index in [-0.39, 0.29) is 43.5 Å². The summed E-state index contributed by atoms with van der Waals surface area (Å²) in [6.45, 7) is 3.37. The lowest BCUT2D eigenvalue weighted by Gasteiger charge is -2.19. The normalized spacial score (nSPS) is 19.0. The Morgan fingerprint density at radius 2 is 1.32 bits per heavy atom. The summed E-state index contributed by atoms with van der Waals surface area (Å²) in [5.74, 6) is -1.61. The number of carbonyl (C=O) groups excluding carboxylic acids is 3. The Kier molecular flexibility index (Phi) is 29.1. The Hall–Kier alpha value is -1.88. The topological polar surface area (TPSA) is 177 Å². The highest BCUT2D eigenvalue weighted by molar-refractivity contribution is 7.46. The maximum Gasteiger partial charge on any atom is 0.469 e. The minimum atomic E-state index is -4.81. The molecule has 1 rings (SSSR count). The van der Waals surface area contributed by atoms with Crippen LogP contribution in [0.2, 0.25) is 0 Å². The van der Waals surface area contributed by atoms with Crippen molar-refractivity contribution in [2.45, 2.75) is 193 Å². The lowest BCUT2D eigenvalue weighted by molar-refractivity contribution is -0.161. The largest absolute Gasteiger partial charge is 0.469 e. The van der Waals surface area contributed by atoms with Crippen LogP contribution in [0, 0.1) is 11.8 Å². The number of allylic oxidation sites excluding steroid dienone is 3. The number of unbranched alkanes of at least 4 members (excludes halogenated alkanes) is 16. The van der Waals surface area contributed by atoms with Crippen LogP contribution >= 0.6 is 7.82 Å². The standard InChI is InChI=1S/C41H73O11P/c1-3-5-7-8-9-10-11-12-13-14-15-16-17-18-24-28-41(46)52-35(33-51-53(47,48)49)32-50-40(45)27-23-20-19-22-26-36-37(39(44)31-38(36)43)30-29-34(42)25-21-6-4-2/h10-11,29-30,34-38,42-43H,3-9,12-28,31-33H2,1-2H3,(H2,47,48,49)/b11-10-,30-29+/t34-,35+,36+,37+,38-/m0/s1. The van der Waals surface area contributed by atoms with Gasteiger partial charge in [-0.25, -0.2) is 4.57 Å². The zero-order chi connectivity index (χ0) is 39.2.